The Kier molecular flexibility index (Phi) is 4.52. The highest BCUT2D eigenvalue weighted by molar-refractivity contribution is 6.29. The summed E-state index contributed by atoms with van der Waals surface area (Å²) < 4.78 is 0. The number of aromatic nitrogens is 1. The highest BCUT2D eigenvalue weighted by atomic mass is 35.5. The molecule has 0 saturated carbocycles. The van der Waals surface area contributed by atoms with Crippen molar-refractivity contribution in [2.24, 2.45) is 0 Å². The van der Waals surface area contributed by atoms with Crippen molar-refractivity contribution in [3.8, 4) is 0 Å². The molecular formula is C13H17ClN2O3. The molecule has 5 nitrogen and oxygen atoms in total. The maximum atomic E-state index is 11.9. The molecule has 0 aliphatic heterocycles. The third-order valence-corrected chi connectivity index (χ3v) is 2.74. The summed E-state index contributed by atoms with van der Waals surface area (Å²) in [6.45, 7) is 7.25. The van der Waals surface area contributed by atoms with Crippen LogP contribution in [0.25, 0.3) is 0 Å². The van der Waals surface area contributed by atoms with E-state index in [4.69, 9.17) is 16.7 Å². The number of hydrogen-bond acceptors (Lipinski definition) is 3. The van der Waals surface area contributed by atoms with Crippen LogP contribution in [-0.2, 0) is 10.2 Å². The smallest absolute Gasteiger partial charge is 0.325 e. The summed E-state index contributed by atoms with van der Waals surface area (Å²) in [5.41, 5.74) is 0.726. The van der Waals surface area contributed by atoms with Gasteiger partial charge in [0.15, 0.2) is 0 Å². The van der Waals surface area contributed by atoms with Gasteiger partial charge in [0.2, 0.25) is 0 Å². The van der Waals surface area contributed by atoms with Crippen molar-refractivity contribution in [1.82, 2.24) is 10.3 Å². The van der Waals surface area contributed by atoms with Crippen LogP contribution in [-0.4, -0.2) is 28.0 Å². The number of pyridine rings is 1. The number of halogens is 1. The summed E-state index contributed by atoms with van der Waals surface area (Å²) in [6, 6.07) is 2.08. The molecule has 0 fully saturated rings. The first-order chi connectivity index (χ1) is 8.61. The fourth-order valence-corrected chi connectivity index (χ4v) is 1.56. The lowest BCUT2D eigenvalue weighted by Gasteiger charge is -2.19. The molecule has 0 radical (unpaired) electrons. The van der Waals surface area contributed by atoms with E-state index in [1.807, 2.05) is 20.8 Å². The molecule has 1 amide bonds. The SMILES string of the molecule is CC(NC(=O)c1cc(Cl)nc(C(C)(C)C)c1)C(=O)O. The lowest BCUT2D eigenvalue weighted by Crippen LogP contribution is -2.38. The van der Waals surface area contributed by atoms with Crippen molar-refractivity contribution in [3.05, 3.63) is 28.5 Å². The second-order valence-electron chi connectivity index (χ2n) is 5.35. The molecule has 2 N–H and O–H groups in total. The van der Waals surface area contributed by atoms with E-state index in [9.17, 15) is 9.59 Å². The first kappa shape index (κ1) is 15.4. The van der Waals surface area contributed by atoms with E-state index in [-0.39, 0.29) is 10.6 Å². The van der Waals surface area contributed by atoms with Gasteiger partial charge in [-0.15, -0.1) is 0 Å². The molecule has 19 heavy (non-hydrogen) atoms. The average molecular weight is 285 g/mol. The number of carbonyl (C=O) groups is 2. The molecular weight excluding hydrogens is 268 g/mol. The van der Waals surface area contributed by atoms with Gasteiger partial charge in [-0.05, 0) is 19.1 Å². The van der Waals surface area contributed by atoms with Gasteiger partial charge in [-0.1, -0.05) is 32.4 Å². The molecule has 0 saturated heterocycles. The molecule has 1 atom stereocenters. The molecule has 104 valence electrons. The third-order valence-electron chi connectivity index (χ3n) is 2.54. The van der Waals surface area contributed by atoms with Crippen LogP contribution in [0.15, 0.2) is 12.1 Å². The molecule has 1 heterocycles. The summed E-state index contributed by atoms with van der Waals surface area (Å²) in [5, 5.41) is 11.3. The van der Waals surface area contributed by atoms with E-state index in [2.05, 4.69) is 10.3 Å². The van der Waals surface area contributed by atoms with Gasteiger partial charge in [0.1, 0.15) is 11.2 Å². The Labute approximate surface area is 117 Å². The summed E-state index contributed by atoms with van der Waals surface area (Å²) in [4.78, 5) is 26.8. The van der Waals surface area contributed by atoms with Crippen LogP contribution in [0, 0.1) is 0 Å². The first-order valence-corrected chi connectivity index (χ1v) is 6.21. The fourth-order valence-electron chi connectivity index (χ4n) is 1.35. The van der Waals surface area contributed by atoms with Crippen molar-refractivity contribution >= 4 is 23.5 Å². The van der Waals surface area contributed by atoms with Crippen LogP contribution >= 0.6 is 11.6 Å². The minimum Gasteiger partial charge on any atom is -0.480 e. The third kappa shape index (κ3) is 4.21. The highest BCUT2D eigenvalue weighted by Gasteiger charge is 2.20. The predicted molar refractivity (Wildman–Crippen MR) is 72.5 cm³/mol. The molecule has 0 spiro atoms. The largest absolute Gasteiger partial charge is 0.480 e. The van der Waals surface area contributed by atoms with Crippen LogP contribution < -0.4 is 5.32 Å². The molecule has 1 aromatic rings. The minimum atomic E-state index is -1.09. The Bertz CT molecular complexity index is 509. The number of nitrogens with one attached hydrogen (secondary N) is 1. The quantitative estimate of drug-likeness (QED) is 0.834. The molecule has 0 aliphatic rings. The summed E-state index contributed by atoms with van der Waals surface area (Å²) in [6.07, 6.45) is 0. The molecule has 0 aromatic carbocycles. The molecule has 1 aromatic heterocycles. The number of aliphatic carboxylic acids is 1. The Balaban J connectivity index is 3.04. The number of carboxylic acids is 1. The monoisotopic (exact) mass is 284 g/mol. The predicted octanol–water partition coefficient (Wildman–Crippen LogP) is 2.24. The summed E-state index contributed by atoms with van der Waals surface area (Å²) in [7, 11) is 0. The Morgan fingerprint density at radius 2 is 1.95 bits per heavy atom. The minimum absolute atomic E-state index is 0.209. The maximum Gasteiger partial charge on any atom is 0.325 e. The van der Waals surface area contributed by atoms with Gasteiger partial charge in [-0.2, -0.15) is 0 Å². The highest BCUT2D eigenvalue weighted by Crippen LogP contribution is 2.23. The number of nitrogens with zero attached hydrogens (tertiary/aromatic N) is 1. The van der Waals surface area contributed by atoms with Crippen molar-refractivity contribution in [2.45, 2.75) is 39.2 Å². The lowest BCUT2D eigenvalue weighted by atomic mass is 9.91. The van der Waals surface area contributed by atoms with Crippen LogP contribution in [0.3, 0.4) is 0 Å². The second kappa shape index (κ2) is 5.57. The maximum absolute atomic E-state index is 11.9. The van der Waals surface area contributed by atoms with Gasteiger partial charge >= 0.3 is 5.97 Å². The van der Waals surface area contributed by atoms with Crippen molar-refractivity contribution in [3.63, 3.8) is 0 Å². The topological polar surface area (TPSA) is 79.3 Å². The van der Waals surface area contributed by atoms with E-state index in [1.54, 1.807) is 6.07 Å². The molecule has 1 rings (SSSR count). The Morgan fingerprint density at radius 3 is 2.42 bits per heavy atom. The fraction of sp³-hybridized carbons (Fsp3) is 0.462. The molecule has 1 unspecified atom stereocenters. The number of carbonyl (C=O) groups excluding carboxylic acids is 1. The van der Waals surface area contributed by atoms with Crippen LogP contribution in [0.5, 0.6) is 0 Å². The van der Waals surface area contributed by atoms with Gasteiger partial charge in [0.05, 0.1) is 0 Å². The molecule has 0 aliphatic carbocycles. The van der Waals surface area contributed by atoms with Gasteiger partial charge in [0.25, 0.3) is 5.91 Å². The van der Waals surface area contributed by atoms with Crippen LogP contribution in [0.2, 0.25) is 5.15 Å². The zero-order valence-electron chi connectivity index (χ0n) is 11.3. The van der Waals surface area contributed by atoms with Crippen molar-refractivity contribution < 1.29 is 14.7 Å². The molecule has 0 bridgehead atoms. The van der Waals surface area contributed by atoms with E-state index >= 15 is 0 Å². The first-order valence-electron chi connectivity index (χ1n) is 5.83. The van der Waals surface area contributed by atoms with Crippen LogP contribution in [0.4, 0.5) is 0 Å². The van der Waals surface area contributed by atoms with E-state index in [0.29, 0.717) is 11.3 Å². The number of hydrogen-bond donors (Lipinski definition) is 2. The summed E-state index contributed by atoms with van der Waals surface area (Å²) in [5.74, 6) is -1.57. The normalized spacial score (nSPS) is 12.9. The van der Waals surface area contributed by atoms with Crippen molar-refractivity contribution in [1.29, 1.82) is 0 Å². The molecule has 6 heteroatoms. The summed E-state index contributed by atoms with van der Waals surface area (Å²) >= 11 is 5.89. The Morgan fingerprint density at radius 1 is 1.37 bits per heavy atom. The van der Waals surface area contributed by atoms with Crippen LogP contribution in [0.1, 0.15) is 43.7 Å². The Hall–Kier alpha value is -1.62. The number of carboxylic acid groups (broad SMARTS) is 1. The second-order valence-corrected chi connectivity index (χ2v) is 5.73. The standard InChI is InChI=1S/C13H17ClN2O3/c1-7(12(18)19)15-11(17)8-5-9(13(2,3)4)16-10(14)6-8/h5-7H,1-4H3,(H,15,17)(H,18,19). The van der Waals surface area contributed by atoms with Crippen molar-refractivity contribution in [2.75, 3.05) is 0 Å². The van der Waals surface area contributed by atoms with Gasteiger partial charge in [-0.25, -0.2) is 4.98 Å². The number of rotatable bonds is 3. The van der Waals surface area contributed by atoms with E-state index in [1.165, 1.54) is 13.0 Å². The lowest BCUT2D eigenvalue weighted by molar-refractivity contribution is -0.138. The van der Waals surface area contributed by atoms with E-state index < -0.39 is 17.9 Å². The van der Waals surface area contributed by atoms with Gasteiger partial charge in [-0.3, -0.25) is 9.59 Å². The van der Waals surface area contributed by atoms with Gasteiger partial charge < -0.3 is 10.4 Å². The zero-order valence-corrected chi connectivity index (χ0v) is 12.1. The van der Waals surface area contributed by atoms with Gasteiger partial charge in [0, 0.05) is 16.7 Å². The average Bonchev–Trinajstić information content (AvgIpc) is 2.26. The zero-order chi connectivity index (χ0) is 14.8. The number of amides is 1. The van der Waals surface area contributed by atoms with E-state index in [0.717, 1.165) is 0 Å².